The highest BCUT2D eigenvalue weighted by Gasteiger charge is 2.34. The van der Waals surface area contributed by atoms with Crippen molar-refractivity contribution in [3.05, 3.63) is 40.9 Å². The number of hydrogen-bond donors (Lipinski definition) is 3. The number of carbonyl (C=O) groups is 3. The van der Waals surface area contributed by atoms with Gasteiger partial charge in [0.25, 0.3) is 5.91 Å². The highest BCUT2D eigenvalue weighted by Crippen LogP contribution is 2.29. The SMILES string of the molecule is CC(C)NC(=O)c1ccc(Cl)cc1NC(=O)C1CC=CCC1C(=O)O. The predicted octanol–water partition coefficient (Wildman–Crippen LogP) is 3.08. The molecule has 0 aliphatic heterocycles. The number of carboxylic acids is 1. The van der Waals surface area contributed by atoms with E-state index in [0.717, 1.165) is 0 Å². The molecule has 0 saturated heterocycles. The Morgan fingerprint density at radius 1 is 1.16 bits per heavy atom. The molecule has 6 nitrogen and oxygen atoms in total. The first-order chi connectivity index (χ1) is 11.8. The van der Waals surface area contributed by atoms with Crippen LogP contribution in [0.5, 0.6) is 0 Å². The lowest BCUT2D eigenvalue weighted by molar-refractivity contribution is -0.146. The van der Waals surface area contributed by atoms with Crippen molar-refractivity contribution in [2.75, 3.05) is 5.32 Å². The van der Waals surface area contributed by atoms with Gasteiger partial charge in [0.15, 0.2) is 0 Å². The van der Waals surface area contributed by atoms with Crippen LogP contribution in [0.2, 0.25) is 5.02 Å². The lowest BCUT2D eigenvalue weighted by Gasteiger charge is -2.24. The summed E-state index contributed by atoms with van der Waals surface area (Å²) in [6.45, 7) is 3.66. The third-order valence-electron chi connectivity index (χ3n) is 3.99. The van der Waals surface area contributed by atoms with Crippen LogP contribution in [-0.4, -0.2) is 28.9 Å². The summed E-state index contributed by atoms with van der Waals surface area (Å²) in [6.07, 6.45) is 4.22. The monoisotopic (exact) mass is 364 g/mol. The van der Waals surface area contributed by atoms with Crippen LogP contribution >= 0.6 is 11.6 Å². The molecule has 1 aromatic carbocycles. The molecular formula is C18H21ClN2O4. The zero-order chi connectivity index (χ0) is 18.6. The lowest BCUT2D eigenvalue weighted by Crippen LogP contribution is -2.36. The Bertz CT molecular complexity index is 715. The molecule has 2 rings (SSSR count). The number of amides is 2. The number of halogens is 1. The molecule has 0 heterocycles. The molecule has 2 amide bonds. The summed E-state index contributed by atoms with van der Waals surface area (Å²) in [4.78, 5) is 36.3. The third kappa shape index (κ3) is 4.82. The molecule has 0 bridgehead atoms. The van der Waals surface area contributed by atoms with Gasteiger partial charge < -0.3 is 15.7 Å². The second kappa shape index (κ2) is 8.16. The van der Waals surface area contributed by atoms with Crippen LogP contribution in [0.25, 0.3) is 0 Å². The van der Waals surface area contributed by atoms with Gasteiger partial charge in [-0.1, -0.05) is 23.8 Å². The van der Waals surface area contributed by atoms with E-state index in [-0.39, 0.29) is 23.2 Å². The van der Waals surface area contributed by atoms with Crippen molar-refractivity contribution < 1.29 is 19.5 Å². The summed E-state index contributed by atoms with van der Waals surface area (Å²) in [6, 6.07) is 4.52. The molecule has 1 aliphatic carbocycles. The van der Waals surface area contributed by atoms with E-state index in [2.05, 4.69) is 10.6 Å². The molecule has 25 heavy (non-hydrogen) atoms. The van der Waals surface area contributed by atoms with Crippen LogP contribution in [0.4, 0.5) is 5.69 Å². The third-order valence-corrected chi connectivity index (χ3v) is 4.23. The van der Waals surface area contributed by atoms with Crippen LogP contribution in [0, 0.1) is 11.8 Å². The van der Waals surface area contributed by atoms with Gasteiger partial charge in [0, 0.05) is 11.1 Å². The molecule has 3 N–H and O–H groups in total. The van der Waals surface area contributed by atoms with Gasteiger partial charge in [-0.15, -0.1) is 0 Å². The summed E-state index contributed by atoms with van der Waals surface area (Å²) in [5, 5.41) is 15.1. The summed E-state index contributed by atoms with van der Waals surface area (Å²) < 4.78 is 0. The molecular weight excluding hydrogens is 344 g/mol. The second-order valence-electron chi connectivity index (χ2n) is 6.30. The van der Waals surface area contributed by atoms with E-state index < -0.39 is 23.7 Å². The number of benzene rings is 1. The van der Waals surface area contributed by atoms with Crippen LogP contribution in [0.15, 0.2) is 30.4 Å². The number of anilines is 1. The van der Waals surface area contributed by atoms with Crippen molar-refractivity contribution in [1.29, 1.82) is 0 Å². The summed E-state index contributed by atoms with van der Waals surface area (Å²) in [7, 11) is 0. The molecule has 7 heteroatoms. The van der Waals surface area contributed by atoms with Gasteiger partial charge in [-0.05, 0) is 44.9 Å². The van der Waals surface area contributed by atoms with Crippen molar-refractivity contribution in [3.8, 4) is 0 Å². The number of carbonyl (C=O) groups excluding carboxylic acids is 2. The maximum absolute atomic E-state index is 12.6. The molecule has 134 valence electrons. The first-order valence-electron chi connectivity index (χ1n) is 8.08. The van der Waals surface area contributed by atoms with E-state index in [1.54, 1.807) is 18.2 Å². The van der Waals surface area contributed by atoms with Crippen LogP contribution in [-0.2, 0) is 9.59 Å². The molecule has 1 aliphatic rings. The van der Waals surface area contributed by atoms with Crippen LogP contribution < -0.4 is 10.6 Å². The van der Waals surface area contributed by atoms with Gasteiger partial charge in [0.1, 0.15) is 0 Å². The average molecular weight is 365 g/mol. The zero-order valence-electron chi connectivity index (χ0n) is 14.1. The highest BCUT2D eigenvalue weighted by atomic mass is 35.5. The molecule has 0 spiro atoms. The first kappa shape index (κ1) is 19.0. The second-order valence-corrected chi connectivity index (χ2v) is 6.74. The maximum atomic E-state index is 12.6. The van der Waals surface area contributed by atoms with Crippen LogP contribution in [0.3, 0.4) is 0 Å². The Hall–Kier alpha value is -2.34. The van der Waals surface area contributed by atoms with E-state index in [4.69, 9.17) is 11.6 Å². The molecule has 0 radical (unpaired) electrons. The molecule has 0 saturated carbocycles. The van der Waals surface area contributed by atoms with E-state index in [1.807, 2.05) is 13.8 Å². The van der Waals surface area contributed by atoms with Gasteiger partial charge in [0.05, 0.1) is 23.1 Å². The number of aliphatic carboxylic acids is 1. The summed E-state index contributed by atoms with van der Waals surface area (Å²) in [5.74, 6) is -3.24. The minimum absolute atomic E-state index is 0.0633. The number of carboxylic acid groups (broad SMARTS) is 1. The highest BCUT2D eigenvalue weighted by molar-refractivity contribution is 6.31. The minimum atomic E-state index is -1.01. The topological polar surface area (TPSA) is 95.5 Å². The van der Waals surface area contributed by atoms with Gasteiger partial charge in [0.2, 0.25) is 5.91 Å². The smallest absolute Gasteiger partial charge is 0.307 e. The first-order valence-corrected chi connectivity index (χ1v) is 8.46. The lowest BCUT2D eigenvalue weighted by atomic mass is 9.82. The maximum Gasteiger partial charge on any atom is 0.307 e. The van der Waals surface area contributed by atoms with Crippen molar-refractivity contribution in [3.63, 3.8) is 0 Å². The number of hydrogen-bond acceptors (Lipinski definition) is 3. The molecule has 1 aromatic rings. The van der Waals surface area contributed by atoms with E-state index in [9.17, 15) is 19.5 Å². The number of rotatable bonds is 5. The van der Waals surface area contributed by atoms with Gasteiger partial charge in [-0.3, -0.25) is 14.4 Å². The summed E-state index contributed by atoms with van der Waals surface area (Å²) >= 11 is 5.99. The predicted molar refractivity (Wildman–Crippen MR) is 95.7 cm³/mol. The average Bonchev–Trinajstić information content (AvgIpc) is 2.54. The number of allylic oxidation sites excluding steroid dienone is 2. The van der Waals surface area contributed by atoms with Gasteiger partial charge in [-0.25, -0.2) is 0 Å². The Kier molecular flexibility index (Phi) is 6.20. The fourth-order valence-corrected chi connectivity index (χ4v) is 2.93. The standard InChI is InChI=1S/C18H21ClN2O4/c1-10(2)20-17(23)14-8-7-11(19)9-15(14)21-16(22)12-5-3-4-6-13(12)18(24)25/h3-4,7-10,12-13H,5-6H2,1-2H3,(H,20,23)(H,21,22)(H,24,25). The van der Waals surface area contributed by atoms with Gasteiger partial charge >= 0.3 is 5.97 Å². The molecule has 0 aromatic heterocycles. The Labute approximate surface area is 151 Å². The van der Waals surface area contributed by atoms with Crippen molar-refractivity contribution in [2.24, 2.45) is 11.8 Å². The largest absolute Gasteiger partial charge is 0.481 e. The van der Waals surface area contributed by atoms with E-state index in [1.165, 1.54) is 12.1 Å². The van der Waals surface area contributed by atoms with Gasteiger partial charge in [-0.2, -0.15) is 0 Å². The molecule has 0 fully saturated rings. The fourth-order valence-electron chi connectivity index (χ4n) is 2.76. The molecule has 2 atom stereocenters. The fraction of sp³-hybridized carbons (Fsp3) is 0.389. The summed E-state index contributed by atoms with van der Waals surface area (Å²) in [5.41, 5.74) is 0.555. The van der Waals surface area contributed by atoms with E-state index >= 15 is 0 Å². The normalized spacial score (nSPS) is 19.5. The minimum Gasteiger partial charge on any atom is -0.481 e. The molecule has 2 unspecified atom stereocenters. The number of nitrogens with one attached hydrogen (secondary N) is 2. The zero-order valence-corrected chi connectivity index (χ0v) is 14.8. The van der Waals surface area contributed by atoms with E-state index in [0.29, 0.717) is 17.9 Å². The Balaban J connectivity index is 2.25. The van der Waals surface area contributed by atoms with Crippen LogP contribution in [0.1, 0.15) is 37.0 Å². The Morgan fingerprint density at radius 2 is 1.80 bits per heavy atom. The van der Waals surface area contributed by atoms with Crippen molar-refractivity contribution >= 4 is 35.1 Å². The Morgan fingerprint density at radius 3 is 2.40 bits per heavy atom. The van der Waals surface area contributed by atoms with Crippen molar-refractivity contribution in [2.45, 2.75) is 32.7 Å². The van der Waals surface area contributed by atoms with Crippen molar-refractivity contribution in [1.82, 2.24) is 5.32 Å². The quantitative estimate of drug-likeness (QED) is 0.699.